The molecule has 8 nitrogen and oxygen atoms in total. The zero-order valence-electron chi connectivity index (χ0n) is 21.2. The second-order valence-electron chi connectivity index (χ2n) is 8.26. The number of ether oxygens (including phenoxy) is 1. The summed E-state index contributed by atoms with van der Waals surface area (Å²) < 4.78 is 6.02. The smallest absolute Gasteiger partial charge is 0.330 e. The molecule has 2 N–H and O–H groups in total. The van der Waals surface area contributed by atoms with E-state index in [2.05, 4.69) is 13.2 Å². The second kappa shape index (κ2) is 17.3. The Hall–Kier alpha value is -4.20. The lowest BCUT2D eigenvalue weighted by Gasteiger charge is -2.11. The van der Waals surface area contributed by atoms with Crippen LogP contribution in [-0.2, 0) is 14.3 Å². The minimum atomic E-state index is -0.920. The highest BCUT2D eigenvalue weighted by molar-refractivity contribution is 5.86. The van der Waals surface area contributed by atoms with Gasteiger partial charge < -0.3 is 14.9 Å². The van der Waals surface area contributed by atoms with E-state index < -0.39 is 16.9 Å². The largest absolute Gasteiger partial charge is 0.493 e. The summed E-state index contributed by atoms with van der Waals surface area (Å²) in [7, 11) is 0. The Balaban J connectivity index is 0.000000856. The number of carboxylic acids is 2. The van der Waals surface area contributed by atoms with Crippen molar-refractivity contribution in [1.82, 2.24) is 0 Å². The van der Waals surface area contributed by atoms with Crippen LogP contribution in [0.25, 0.3) is 11.8 Å². The average Bonchev–Trinajstić information content (AvgIpc) is 2.89. The Bertz CT molecular complexity index is 1070. The van der Waals surface area contributed by atoms with Crippen molar-refractivity contribution in [3.8, 4) is 0 Å². The molecule has 0 bridgehead atoms. The molecule has 0 aliphatic rings. The monoisotopic (exact) mass is 509 g/mol. The van der Waals surface area contributed by atoms with Crippen molar-refractivity contribution in [2.24, 2.45) is 0 Å². The Labute approximate surface area is 217 Å². The molecule has 2 aromatic rings. The number of hydrogen-bond acceptors (Lipinski definition) is 5. The maximum absolute atomic E-state index is 10.8. The molecule has 0 heterocycles. The maximum atomic E-state index is 10.8. The highest BCUT2D eigenvalue weighted by Gasteiger charge is 2.07. The quantitative estimate of drug-likeness (QED) is 0.0653. The van der Waals surface area contributed by atoms with E-state index in [1.807, 2.05) is 36.4 Å². The van der Waals surface area contributed by atoms with Crippen LogP contribution in [0.2, 0.25) is 0 Å². The third kappa shape index (κ3) is 12.9. The Morgan fingerprint density at radius 2 is 1.46 bits per heavy atom. The van der Waals surface area contributed by atoms with E-state index in [4.69, 9.17) is 14.9 Å². The van der Waals surface area contributed by atoms with Crippen LogP contribution in [0, 0.1) is 10.1 Å². The van der Waals surface area contributed by atoms with Crippen LogP contribution in [0.1, 0.15) is 63.0 Å². The SMILES string of the molecule is C=C(CC)C(=O)O.C=C(CCCCCCCOC(=Cc1ccc([N+](=O)[O-])cc1)c1ccccc1)C(=O)O. The Morgan fingerprint density at radius 1 is 0.892 bits per heavy atom. The molecular formula is C29H35NO7. The molecule has 0 saturated carbocycles. The van der Waals surface area contributed by atoms with Gasteiger partial charge in [-0.05, 0) is 49.5 Å². The van der Waals surface area contributed by atoms with Crippen LogP contribution in [0.4, 0.5) is 5.69 Å². The molecule has 8 heteroatoms. The third-order valence-electron chi connectivity index (χ3n) is 5.37. The molecule has 2 rings (SSSR count). The molecule has 198 valence electrons. The van der Waals surface area contributed by atoms with Gasteiger partial charge in [-0.1, -0.05) is 69.7 Å². The summed E-state index contributed by atoms with van der Waals surface area (Å²) in [4.78, 5) is 30.9. The minimum Gasteiger partial charge on any atom is -0.493 e. The molecule has 0 unspecified atom stereocenters. The summed E-state index contributed by atoms with van der Waals surface area (Å²) in [5.74, 6) is -1.10. The minimum absolute atomic E-state index is 0.0567. The van der Waals surface area contributed by atoms with Crippen molar-refractivity contribution in [2.45, 2.75) is 51.9 Å². The van der Waals surface area contributed by atoms with Crippen molar-refractivity contribution < 1.29 is 29.5 Å². The summed E-state index contributed by atoms with van der Waals surface area (Å²) in [5.41, 5.74) is 2.37. The van der Waals surface area contributed by atoms with E-state index in [-0.39, 0.29) is 16.8 Å². The van der Waals surface area contributed by atoms with Gasteiger partial charge in [-0.25, -0.2) is 9.59 Å². The fraction of sp³-hybridized carbons (Fsp3) is 0.310. The molecule has 0 amide bonds. The fourth-order valence-corrected chi connectivity index (χ4v) is 3.07. The van der Waals surface area contributed by atoms with Crippen LogP contribution in [-0.4, -0.2) is 33.7 Å². The first-order valence-corrected chi connectivity index (χ1v) is 12.1. The molecule has 0 radical (unpaired) electrons. The first-order chi connectivity index (χ1) is 17.6. The van der Waals surface area contributed by atoms with E-state index in [1.165, 1.54) is 12.1 Å². The van der Waals surface area contributed by atoms with E-state index in [0.717, 1.165) is 49.0 Å². The number of non-ortho nitro benzene ring substituents is 1. The molecule has 0 saturated heterocycles. The van der Waals surface area contributed by atoms with Gasteiger partial charge in [-0.3, -0.25) is 10.1 Å². The predicted octanol–water partition coefficient (Wildman–Crippen LogP) is 7.13. The lowest BCUT2D eigenvalue weighted by molar-refractivity contribution is -0.384. The molecule has 0 aromatic heterocycles. The van der Waals surface area contributed by atoms with Gasteiger partial charge in [0.2, 0.25) is 0 Å². The summed E-state index contributed by atoms with van der Waals surface area (Å²) in [5, 5.41) is 27.7. The Kier molecular flexibility index (Phi) is 14.4. The number of nitro benzene ring substituents is 1. The van der Waals surface area contributed by atoms with Gasteiger partial charge in [0.1, 0.15) is 5.76 Å². The van der Waals surface area contributed by atoms with Crippen LogP contribution in [0.5, 0.6) is 0 Å². The maximum Gasteiger partial charge on any atom is 0.330 e. The van der Waals surface area contributed by atoms with Gasteiger partial charge in [-0.15, -0.1) is 0 Å². The molecule has 0 aliphatic carbocycles. The van der Waals surface area contributed by atoms with E-state index in [1.54, 1.807) is 19.1 Å². The average molecular weight is 510 g/mol. The van der Waals surface area contributed by atoms with Gasteiger partial charge in [0, 0.05) is 28.8 Å². The normalized spacial score (nSPS) is 10.6. The molecule has 0 fully saturated rings. The van der Waals surface area contributed by atoms with E-state index in [9.17, 15) is 19.7 Å². The van der Waals surface area contributed by atoms with Crippen LogP contribution >= 0.6 is 0 Å². The number of hydrogen-bond donors (Lipinski definition) is 2. The van der Waals surface area contributed by atoms with Crippen LogP contribution in [0.15, 0.2) is 78.9 Å². The van der Waals surface area contributed by atoms with Crippen molar-refractivity contribution in [3.63, 3.8) is 0 Å². The number of benzene rings is 2. The van der Waals surface area contributed by atoms with Gasteiger partial charge >= 0.3 is 11.9 Å². The topological polar surface area (TPSA) is 127 Å². The number of aliphatic carboxylic acids is 2. The van der Waals surface area contributed by atoms with Crippen LogP contribution in [0.3, 0.4) is 0 Å². The van der Waals surface area contributed by atoms with Crippen molar-refractivity contribution in [2.75, 3.05) is 6.61 Å². The standard InChI is InChI=1S/C24H27NO5.C5H8O2/c1-19(24(26)27)10-6-3-2-4-9-17-30-23(21-11-7-5-8-12-21)18-20-13-15-22(16-14-20)25(28)29;1-3-4(2)5(6)7/h5,7-8,11-16,18H,1-4,6,9-10,17H2,(H,26,27);2-3H2,1H3,(H,6,7). The highest BCUT2D eigenvalue weighted by atomic mass is 16.6. The summed E-state index contributed by atoms with van der Waals surface area (Å²) in [6.07, 6.45) is 7.65. The van der Waals surface area contributed by atoms with Gasteiger partial charge in [0.05, 0.1) is 11.5 Å². The molecule has 2 aromatic carbocycles. The molecular weight excluding hydrogens is 474 g/mol. The predicted molar refractivity (Wildman–Crippen MR) is 145 cm³/mol. The van der Waals surface area contributed by atoms with Gasteiger partial charge in [-0.2, -0.15) is 0 Å². The fourth-order valence-electron chi connectivity index (χ4n) is 3.07. The molecule has 37 heavy (non-hydrogen) atoms. The highest BCUT2D eigenvalue weighted by Crippen LogP contribution is 2.22. The zero-order chi connectivity index (χ0) is 27.6. The summed E-state index contributed by atoms with van der Waals surface area (Å²) >= 11 is 0. The van der Waals surface area contributed by atoms with Crippen molar-refractivity contribution >= 4 is 29.5 Å². The number of carbonyl (C=O) groups is 2. The summed E-state index contributed by atoms with van der Waals surface area (Å²) in [6.45, 7) is 9.14. The molecule has 0 atom stereocenters. The van der Waals surface area contributed by atoms with Crippen LogP contribution < -0.4 is 0 Å². The third-order valence-corrected chi connectivity index (χ3v) is 5.37. The van der Waals surface area contributed by atoms with Gasteiger partial charge in [0.15, 0.2) is 0 Å². The zero-order valence-corrected chi connectivity index (χ0v) is 21.2. The lowest BCUT2D eigenvalue weighted by Crippen LogP contribution is -1.98. The first kappa shape index (κ1) is 30.8. The number of nitrogens with zero attached hydrogens (tertiary/aromatic N) is 1. The lowest BCUT2D eigenvalue weighted by atomic mass is 10.1. The van der Waals surface area contributed by atoms with Gasteiger partial charge in [0.25, 0.3) is 5.69 Å². The Morgan fingerprint density at radius 3 is 1.97 bits per heavy atom. The number of nitro groups is 1. The molecule has 0 aliphatic heterocycles. The summed E-state index contributed by atoms with van der Waals surface area (Å²) in [6, 6.07) is 16.1. The number of unbranched alkanes of at least 4 members (excludes halogenated alkanes) is 4. The van der Waals surface area contributed by atoms with Crippen molar-refractivity contribution in [1.29, 1.82) is 0 Å². The molecule has 0 spiro atoms. The number of rotatable bonds is 15. The second-order valence-corrected chi connectivity index (χ2v) is 8.26. The first-order valence-electron chi connectivity index (χ1n) is 12.1. The van der Waals surface area contributed by atoms with E-state index in [0.29, 0.717) is 19.4 Å². The number of carboxylic acid groups (broad SMARTS) is 2. The van der Waals surface area contributed by atoms with Crippen molar-refractivity contribution in [3.05, 3.63) is 100 Å². The van der Waals surface area contributed by atoms with E-state index >= 15 is 0 Å².